The molecule has 2 nitrogen and oxygen atoms in total. The van der Waals surface area contributed by atoms with Gasteiger partial charge in [0.1, 0.15) is 0 Å². The summed E-state index contributed by atoms with van der Waals surface area (Å²) < 4.78 is 0. The first-order valence-corrected chi connectivity index (χ1v) is 8.19. The lowest BCUT2D eigenvalue weighted by molar-refractivity contribution is -0.0821. The summed E-state index contributed by atoms with van der Waals surface area (Å²) in [7, 11) is 2.34. The molecule has 0 unspecified atom stereocenters. The number of anilines is 1. The van der Waals surface area contributed by atoms with Crippen LogP contribution >= 0.6 is 0 Å². The molecule has 0 radical (unpaired) electrons. The first-order valence-electron chi connectivity index (χ1n) is 8.19. The lowest BCUT2D eigenvalue weighted by atomic mass is 9.52. The molecule has 0 amide bonds. The van der Waals surface area contributed by atoms with Gasteiger partial charge < -0.3 is 5.73 Å². The van der Waals surface area contributed by atoms with Gasteiger partial charge >= 0.3 is 0 Å². The molecule has 4 fully saturated rings. The Morgan fingerprint density at radius 2 is 1.70 bits per heavy atom. The highest BCUT2D eigenvalue weighted by molar-refractivity contribution is 5.40. The van der Waals surface area contributed by atoms with Crippen molar-refractivity contribution in [3.63, 3.8) is 0 Å². The van der Waals surface area contributed by atoms with E-state index in [0.29, 0.717) is 5.54 Å². The van der Waals surface area contributed by atoms with Gasteiger partial charge in [-0.05, 0) is 81.0 Å². The van der Waals surface area contributed by atoms with E-state index in [9.17, 15) is 0 Å². The number of rotatable bonds is 3. The highest BCUT2D eigenvalue weighted by atomic mass is 15.2. The largest absolute Gasteiger partial charge is 0.399 e. The molecule has 0 spiro atoms. The van der Waals surface area contributed by atoms with Crippen LogP contribution in [-0.4, -0.2) is 17.5 Å². The maximum atomic E-state index is 5.92. The Bertz CT molecular complexity index is 473. The third kappa shape index (κ3) is 2.05. The molecule has 0 heterocycles. The summed E-state index contributed by atoms with van der Waals surface area (Å²) in [5, 5.41) is 0. The van der Waals surface area contributed by atoms with Crippen LogP contribution in [0.15, 0.2) is 24.3 Å². The van der Waals surface area contributed by atoms with Crippen LogP contribution in [0.2, 0.25) is 0 Å². The topological polar surface area (TPSA) is 29.3 Å². The van der Waals surface area contributed by atoms with Gasteiger partial charge in [0, 0.05) is 17.8 Å². The number of nitrogen functional groups attached to an aromatic ring is 1. The van der Waals surface area contributed by atoms with E-state index in [-0.39, 0.29) is 0 Å². The van der Waals surface area contributed by atoms with Crippen molar-refractivity contribution >= 4 is 5.69 Å². The summed E-state index contributed by atoms with van der Waals surface area (Å²) in [4.78, 5) is 2.66. The number of nitrogens with two attached hydrogens (primary N) is 1. The molecule has 4 aliphatic rings. The lowest BCUT2D eigenvalue weighted by Gasteiger charge is -2.60. The minimum atomic E-state index is 0.499. The molecule has 0 aliphatic heterocycles. The van der Waals surface area contributed by atoms with E-state index >= 15 is 0 Å². The van der Waals surface area contributed by atoms with E-state index in [1.54, 1.807) is 0 Å². The summed E-state index contributed by atoms with van der Waals surface area (Å²) in [6.07, 6.45) is 8.88. The minimum absolute atomic E-state index is 0.499. The first kappa shape index (κ1) is 12.7. The average Bonchev–Trinajstić information content (AvgIpc) is 2.37. The Hall–Kier alpha value is -1.02. The molecule has 4 bridgehead atoms. The average molecular weight is 270 g/mol. The van der Waals surface area contributed by atoms with Crippen LogP contribution in [0, 0.1) is 17.8 Å². The predicted molar refractivity (Wildman–Crippen MR) is 83.2 cm³/mol. The Kier molecular flexibility index (Phi) is 2.85. The lowest BCUT2D eigenvalue weighted by Crippen LogP contribution is -2.58. The summed E-state index contributed by atoms with van der Waals surface area (Å²) in [6, 6.07) is 8.41. The van der Waals surface area contributed by atoms with Gasteiger partial charge in [-0.15, -0.1) is 0 Å². The van der Waals surface area contributed by atoms with Gasteiger partial charge in [-0.2, -0.15) is 0 Å². The highest BCUT2D eigenvalue weighted by Crippen LogP contribution is 2.57. The summed E-state index contributed by atoms with van der Waals surface area (Å²) in [5.74, 6) is 3.05. The van der Waals surface area contributed by atoms with Crippen molar-refractivity contribution in [2.24, 2.45) is 17.8 Å². The molecule has 0 aromatic heterocycles. The van der Waals surface area contributed by atoms with Crippen molar-refractivity contribution in [3.05, 3.63) is 29.8 Å². The van der Waals surface area contributed by atoms with Crippen molar-refractivity contribution < 1.29 is 0 Å². The third-order valence-electron chi connectivity index (χ3n) is 6.19. The van der Waals surface area contributed by atoms with Crippen LogP contribution in [-0.2, 0) is 6.54 Å². The van der Waals surface area contributed by atoms with Crippen molar-refractivity contribution in [2.75, 3.05) is 12.8 Å². The van der Waals surface area contributed by atoms with E-state index in [1.807, 2.05) is 6.07 Å². The smallest absolute Gasteiger partial charge is 0.0317 e. The molecule has 1 aromatic carbocycles. The van der Waals surface area contributed by atoms with Gasteiger partial charge in [-0.3, -0.25) is 4.90 Å². The van der Waals surface area contributed by atoms with Crippen molar-refractivity contribution in [1.82, 2.24) is 4.90 Å². The van der Waals surface area contributed by atoms with Crippen LogP contribution in [0.1, 0.15) is 44.1 Å². The monoisotopic (exact) mass is 270 g/mol. The van der Waals surface area contributed by atoms with Crippen molar-refractivity contribution in [3.8, 4) is 0 Å². The normalized spacial score (nSPS) is 38.6. The molecular weight excluding hydrogens is 244 g/mol. The second-order valence-electron chi connectivity index (χ2n) is 7.74. The number of nitrogens with zero attached hydrogens (tertiary/aromatic N) is 1. The van der Waals surface area contributed by atoms with Gasteiger partial charge in [0.2, 0.25) is 0 Å². The fourth-order valence-corrected chi connectivity index (χ4v) is 5.67. The molecule has 0 saturated heterocycles. The van der Waals surface area contributed by atoms with Crippen LogP contribution in [0.4, 0.5) is 5.69 Å². The van der Waals surface area contributed by atoms with Gasteiger partial charge in [0.25, 0.3) is 0 Å². The van der Waals surface area contributed by atoms with Crippen LogP contribution in [0.5, 0.6) is 0 Å². The summed E-state index contributed by atoms with van der Waals surface area (Å²) >= 11 is 0. The molecule has 20 heavy (non-hydrogen) atoms. The Morgan fingerprint density at radius 1 is 1.10 bits per heavy atom. The highest BCUT2D eigenvalue weighted by Gasteiger charge is 2.52. The Morgan fingerprint density at radius 3 is 2.25 bits per heavy atom. The zero-order chi connectivity index (χ0) is 13.7. The predicted octanol–water partition coefficient (Wildman–Crippen LogP) is 3.67. The van der Waals surface area contributed by atoms with Crippen molar-refractivity contribution in [1.29, 1.82) is 0 Å². The van der Waals surface area contributed by atoms with E-state index in [0.717, 1.165) is 30.0 Å². The second kappa shape index (κ2) is 4.49. The molecular formula is C18H26N2. The van der Waals surface area contributed by atoms with Gasteiger partial charge in [0.05, 0.1) is 0 Å². The van der Waals surface area contributed by atoms with Crippen molar-refractivity contribution in [2.45, 2.75) is 50.6 Å². The van der Waals surface area contributed by atoms with E-state index < -0.39 is 0 Å². The molecule has 2 N–H and O–H groups in total. The molecule has 4 saturated carbocycles. The van der Waals surface area contributed by atoms with Gasteiger partial charge in [0.15, 0.2) is 0 Å². The zero-order valence-corrected chi connectivity index (χ0v) is 12.5. The Labute approximate surface area is 122 Å². The van der Waals surface area contributed by atoms with E-state index in [2.05, 4.69) is 30.1 Å². The van der Waals surface area contributed by atoms with Gasteiger partial charge in [-0.1, -0.05) is 12.1 Å². The quantitative estimate of drug-likeness (QED) is 0.849. The van der Waals surface area contributed by atoms with Crippen LogP contribution in [0.25, 0.3) is 0 Å². The minimum Gasteiger partial charge on any atom is -0.399 e. The SMILES string of the molecule is CN(Cc1cccc(N)c1)C12CC3CC(CC(C3)C1)C2. The first-order chi connectivity index (χ1) is 9.63. The number of benzene rings is 1. The molecule has 5 rings (SSSR count). The van der Waals surface area contributed by atoms with Gasteiger partial charge in [-0.25, -0.2) is 0 Å². The molecule has 1 aromatic rings. The Balaban J connectivity index is 1.54. The third-order valence-corrected chi connectivity index (χ3v) is 6.19. The fourth-order valence-electron chi connectivity index (χ4n) is 5.67. The molecule has 108 valence electrons. The summed E-state index contributed by atoms with van der Waals surface area (Å²) in [5.41, 5.74) is 8.68. The molecule has 0 atom stereocenters. The van der Waals surface area contributed by atoms with E-state index in [1.165, 1.54) is 44.1 Å². The maximum Gasteiger partial charge on any atom is 0.0317 e. The standard InChI is InChI=1S/C18H26N2/c1-20(12-13-3-2-4-17(19)8-13)18-9-14-5-15(10-18)7-16(6-14)11-18/h2-4,8,14-16H,5-7,9-12,19H2,1H3. The number of hydrogen-bond acceptors (Lipinski definition) is 2. The van der Waals surface area contributed by atoms with E-state index in [4.69, 9.17) is 5.73 Å². The fraction of sp³-hybridized carbons (Fsp3) is 0.667. The second-order valence-corrected chi connectivity index (χ2v) is 7.74. The van der Waals surface area contributed by atoms with Crippen LogP contribution in [0.3, 0.4) is 0 Å². The molecule has 2 heteroatoms. The zero-order valence-electron chi connectivity index (χ0n) is 12.5. The number of hydrogen-bond donors (Lipinski definition) is 1. The van der Waals surface area contributed by atoms with Crippen LogP contribution < -0.4 is 5.73 Å². The maximum absolute atomic E-state index is 5.92. The summed E-state index contributed by atoms with van der Waals surface area (Å²) in [6.45, 7) is 1.05. The molecule has 4 aliphatic carbocycles.